The number of benzene rings is 1. The topological polar surface area (TPSA) is 27.7 Å². The second kappa shape index (κ2) is 8.62. The third-order valence-electron chi connectivity index (χ3n) is 9.84. The predicted molar refractivity (Wildman–Crippen MR) is 127 cm³/mol. The summed E-state index contributed by atoms with van der Waals surface area (Å²) in [4.78, 5) is 0. The summed E-state index contributed by atoms with van der Waals surface area (Å²) in [6, 6.07) is 8.70. The molecule has 176 valence electrons. The van der Waals surface area contributed by atoms with Crippen LogP contribution in [0, 0.1) is 29.6 Å². The second-order valence-corrected chi connectivity index (χ2v) is 12.2. The standard InChI is InChI=1S/C29H42O3/c1-3-19(2)24-6-8-26(9-7-24)31-28(32-27-14-20-4-5-25(27)13-20)18-30-29-15-21-10-22(16-29)12-23(11-21)17-29/h6-9,19-23,25,27-28H,3-5,10-18H2,1-2H3. The van der Waals surface area contributed by atoms with Gasteiger partial charge in [-0.1, -0.05) is 26.0 Å². The van der Waals surface area contributed by atoms with Gasteiger partial charge in [0.25, 0.3) is 0 Å². The average Bonchev–Trinajstić information content (AvgIpc) is 3.40. The fourth-order valence-corrected chi connectivity index (χ4v) is 8.36. The molecule has 6 aliphatic carbocycles. The maximum Gasteiger partial charge on any atom is 0.223 e. The van der Waals surface area contributed by atoms with Gasteiger partial charge in [0, 0.05) is 0 Å². The lowest BCUT2D eigenvalue weighted by Gasteiger charge is -2.56. The molecule has 0 saturated heterocycles. The first-order valence-electron chi connectivity index (χ1n) is 13.6. The highest BCUT2D eigenvalue weighted by atomic mass is 16.7. The summed E-state index contributed by atoms with van der Waals surface area (Å²) in [6.07, 6.45) is 14.7. The molecule has 0 amide bonds. The summed E-state index contributed by atoms with van der Waals surface area (Å²) < 4.78 is 19.9. The van der Waals surface area contributed by atoms with Crippen molar-refractivity contribution in [2.75, 3.05) is 6.61 Å². The predicted octanol–water partition coefficient (Wildman–Crippen LogP) is 7.10. The number of fused-ring (bicyclic) bond motifs is 2. The molecule has 6 saturated carbocycles. The summed E-state index contributed by atoms with van der Waals surface area (Å²) in [7, 11) is 0. The average molecular weight is 439 g/mol. The van der Waals surface area contributed by atoms with Crippen molar-refractivity contribution in [3.8, 4) is 5.75 Å². The quantitative estimate of drug-likeness (QED) is 0.385. The Kier molecular flexibility index (Phi) is 5.78. The molecule has 1 aromatic carbocycles. The first kappa shape index (κ1) is 21.5. The monoisotopic (exact) mass is 438 g/mol. The van der Waals surface area contributed by atoms with Crippen LogP contribution in [0.1, 0.15) is 96.0 Å². The normalized spacial score (nSPS) is 41.2. The zero-order valence-corrected chi connectivity index (χ0v) is 20.1. The summed E-state index contributed by atoms with van der Waals surface area (Å²) in [5.74, 6) is 5.83. The Morgan fingerprint density at radius 1 is 0.875 bits per heavy atom. The summed E-state index contributed by atoms with van der Waals surface area (Å²) in [5.41, 5.74) is 1.49. The van der Waals surface area contributed by atoms with Gasteiger partial charge in [-0.15, -0.1) is 0 Å². The first-order chi connectivity index (χ1) is 15.6. The van der Waals surface area contributed by atoms with E-state index in [2.05, 4.69) is 38.1 Å². The van der Waals surface area contributed by atoms with E-state index < -0.39 is 0 Å². The van der Waals surface area contributed by atoms with E-state index in [1.807, 2.05) is 0 Å². The van der Waals surface area contributed by atoms with Crippen molar-refractivity contribution in [1.82, 2.24) is 0 Å². The maximum absolute atomic E-state index is 6.80. The molecule has 5 atom stereocenters. The molecule has 0 heterocycles. The van der Waals surface area contributed by atoms with Crippen molar-refractivity contribution in [3.05, 3.63) is 29.8 Å². The summed E-state index contributed by atoms with van der Waals surface area (Å²) in [6.45, 7) is 5.11. The minimum Gasteiger partial charge on any atom is -0.462 e. The van der Waals surface area contributed by atoms with E-state index in [1.165, 1.54) is 69.8 Å². The van der Waals surface area contributed by atoms with Gasteiger partial charge in [0.05, 0.1) is 11.7 Å². The van der Waals surface area contributed by atoms with E-state index in [9.17, 15) is 0 Å². The fourth-order valence-electron chi connectivity index (χ4n) is 8.36. The molecule has 3 nitrogen and oxygen atoms in total. The van der Waals surface area contributed by atoms with Crippen LogP contribution in [0.5, 0.6) is 5.75 Å². The lowest BCUT2D eigenvalue weighted by atomic mass is 9.54. The number of hydrogen-bond donors (Lipinski definition) is 0. The molecule has 0 aliphatic heterocycles. The van der Waals surface area contributed by atoms with Gasteiger partial charge in [0.1, 0.15) is 12.4 Å². The van der Waals surface area contributed by atoms with Crippen molar-refractivity contribution in [2.45, 2.75) is 108 Å². The molecule has 1 aromatic rings. The molecular formula is C29H42O3. The number of rotatable bonds is 9. The third-order valence-corrected chi connectivity index (χ3v) is 9.84. The maximum atomic E-state index is 6.80. The molecule has 6 aliphatic rings. The Bertz CT molecular complexity index is 751. The summed E-state index contributed by atoms with van der Waals surface area (Å²) >= 11 is 0. The lowest BCUT2D eigenvalue weighted by molar-refractivity contribution is -0.219. The highest BCUT2D eigenvalue weighted by molar-refractivity contribution is 5.29. The van der Waals surface area contributed by atoms with Gasteiger partial charge in [-0.3, -0.25) is 0 Å². The van der Waals surface area contributed by atoms with Crippen LogP contribution in [0.15, 0.2) is 24.3 Å². The van der Waals surface area contributed by atoms with Crippen LogP contribution in [0.25, 0.3) is 0 Å². The van der Waals surface area contributed by atoms with Gasteiger partial charge in [0.2, 0.25) is 6.29 Å². The molecule has 6 bridgehead atoms. The van der Waals surface area contributed by atoms with Crippen LogP contribution in [0.4, 0.5) is 0 Å². The third kappa shape index (κ3) is 4.25. The van der Waals surface area contributed by atoms with Crippen LogP contribution in [-0.2, 0) is 9.47 Å². The van der Waals surface area contributed by atoms with Gasteiger partial charge in [-0.2, -0.15) is 0 Å². The van der Waals surface area contributed by atoms with E-state index >= 15 is 0 Å². The van der Waals surface area contributed by atoms with E-state index in [1.54, 1.807) is 0 Å². The van der Waals surface area contributed by atoms with Gasteiger partial charge in [-0.05, 0) is 124 Å². The number of hydrogen-bond acceptors (Lipinski definition) is 3. The Balaban J connectivity index is 1.14. The highest BCUT2D eigenvalue weighted by Crippen LogP contribution is 2.57. The van der Waals surface area contributed by atoms with Crippen molar-refractivity contribution < 1.29 is 14.2 Å². The fraction of sp³-hybridized carbons (Fsp3) is 0.793. The van der Waals surface area contributed by atoms with E-state index in [-0.39, 0.29) is 11.9 Å². The Labute approximate surface area is 194 Å². The van der Waals surface area contributed by atoms with Crippen molar-refractivity contribution in [3.63, 3.8) is 0 Å². The minimum absolute atomic E-state index is 0.106. The molecule has 7 rings (SSSR count). The minimum atomic E-state index is -0.290. The largest absolute Gasteiger partial charge is 0.462 e. The van der Waals surface area contributed by atoms with Crippen molar-refractivity contribution in [1.29, 1.82) is 0 Å². The Morgan fingerprint density at radius 3 is 2.12 bits per heavy atom. The van der Waals surface area contributed by atoms with Crippen molar-refractivity contribution >= 4 is 0 Å². The molecule has 0 aromatic heterocycles. The molecular weight excluding hydrogens is 396 g/mol. The molecule has 32 heavy (non-hydrogen) atoms. The molecule has 6 fully saturated rings. The highest BCUT2D eigenvalue weighted by Gasteiger charge is 2.52. The van der Waals surface area contributed by atoms with Crippen LogP contribution in [0.2, 0.25) is 0 Å². The lowest BCUT2D eigenvalue weighted by Crippen LogP contribution is -2.53. The molecule has 0 radical (unpaired) electrons. The van der Waals surface area contributed by atoms with E-state index in [4.69, 9.17) is 14.2 Å². The Morgan fingerprint density at radius 2 is 1.56 bits per heavy atom. The number of ether oxygens (including phenoxy) is 3. The van der Waals surface area contributed by atoms with Crippen LogP contribution >= 0.6 is 0 Å². The molecule has 0 N–H and O–H groups in total. The van der Waals surface area contributed by atoms with E-state index in [0.717, 1.165) is 41.8 Å². The van der Waals surface area contributed by atoms with Gasteiger partial charge < -0.3 is 14.2 Å². The Hall–Kier alpha value is -1.06. The van der Waals surface area contributed by atoms with Crippen LogP contribution in [0.3, 0.4) is 0 Å². The summed E-state index contributed by atoms with van der Waals surface area (Å²) in [5, 5.41) is 0. The van der Waals surface area contributed by atoms with Crippen LogP contribution in [-0.4, -0.2) is 24.6 Å². The van der Waals surface area contributed by atoms with E-state index in [0.29, 0.717) is 18.6 Å². The molecule has 3 heteroatoms. The SMILES string of the molecule is CCC(C)c1ccc(OC(COC23CC4CC(CC(C4)C2)C3)OC2CC3CCC2C3)cc1. The van der Waals surface area contributed by atoms with Gasteiger partial charge >= 0.3 is 0 Å². The zero-order valence-electron chi connectivity index (χ0n) is 20.1. The second-order valence-electron chi connectivity index (χ2n) is 12.2. The van der Waals surface area contributed by atoms with Gasteiger partial charge in [0.15, 0.2) is 0 Å². The van der Waals surface area contributed by atoms with Crippen LogP contribution < -0.4 is 4.74 Å². The van der Waals surface area contributed by atoms with Gasteiger partial charge in [-0.25, -0.2) is 0 Å². The smallest absolute Gasteiger partial charge is 0.223 e. The molecule has 5 unspecified atom stereocenters. The molecule has 0 spiro atoms. The van der Waals surface area contributed by atoms with Crippen molar-refractivity contribution in [2.24, 2.45) is 29.6 Å². The first-order valence-corrected chi connectivity index (χ1v) is 13.6. The zero-order chi connectivity index (χ0) is 21.7.